The van der Waals surface area contributed by atoms with Crippen LogP contribution in [0.3, 0.4) is 0 Å². The summed E-state index contributed by atoms with van der Waals surface area (Å²) in [5, 5.41) is 0. The Balaban J connectivity index is 1.83. The van der Waals surface area contributed by atoms with E-state index in [-0.39, 0.29) is 25.1 Å². The lowest BCUT2D eigenvalue weighted by atomic mass is 10.1. The lowest BCUT2D eigenvalue weighted by Crippen LogP contribution is -2.45. The van der Waals surface area contributed by atoms with Gasteiger partial charge in [-0.1, -0.05) is 30.3 Å². The Hall–Kier alpha value is -1.72. The summed E-state index contributed by atoms with van der Waals surface area (Å²) in [6.45, 7) is 3.69. The van der Waals surface area contributed by atoms with E-state index in [0.29, 0.717) is 6.42 Å². The summed E-state index contributed by atoms with van der Waals surface area (Å²) in [5.74, 6) is -1.21. The van der Waals surface area contributed by atoms with E-state index in [1.807, 2.05) is 30.3 Å². The van der Waals surface area contributed by atoms with Crippen LogP contribution >= 0.6 is 0 Å². The Kier molecular flexibility index (Phi) is 5.09. The number of hydrogen-bond donors (Lipinski definition) is 0. The van der Waals surface area contributed by atoms with E-state index < -0.39 is 11.9 Å². The Morgan fingerprint density at radius 3 is 2.71 bits per heavy atom. The molecule has 2 unspecified atom stereocenters. The van der Waals surface area contributed by atoms with Gasteiger partial charge in [-0.15, -0.1) is 0 Å². The second-order valence-electron chi connectivity index (χ2n) is 5.52. The van der Waals surface area contributed by atoms with E-state index in [4.69, 9.17) is 14.2 Å². The van der Waals surface area contributed by atoms with Crippen molar-refractivity contribution in [1.82, 2.24) is 0 Å². The second-order valence-corrected chi connectivity index (χ2v) is 5.52. The van der Waals surface area contributed by atoms with Gasteiger partial charge < -0.3 is 19.0 Å². The highest BCUT2D eigenvalue weighted by Gasteiger charge is 2.36. The molecule has 0 spiro atoms. The number of rotatable bonds is 5. The first-order valence-electron chi connectivity index (χ1n) is 6.99. The van der Waals surface area contributed by atoms with Crippen LogP contribution in [0.15, 0.2) is 30.3 Å². The maximum atomic E-state index is 11.9. The van der Waals surface area contributed by atoms with Crippen molar-refractivity contribution < 1.29 is 23.8 Å². The van der Waals surface area contributed by atoms with Crippen LogP contribution in [0, 0.1) is 0 Å². The first-order chi connectivity index (χ1) is 9.98. The molecule has 0 saturated carbocycles. The Labute approximate surface area is 124 Å². The van der Waals surface area contributed by atoms with Crippen molar-refractivity contribution in [1.29, 1.82) is 0 Å². The van der Waals surface area contributed by atoms with Crippen LogP contribution in [-0.2, 0) is 30.4 Å². The average Bonchev–Trinajstić information content (AvgIpc) is 2.44. The van der Waals surface area contributed by atoms with Gasteiger partial charge in [0.1, 0.15) is 19.0 Å². The monoisotopic (exact) mass is 292 g/mol. The molecule has 1 aliphatic heterocycles. The molecule has 1 saturated heterocycles. The number of benzene rings is 1. The van der Waals surface area contributed by atoms with E-state index in [0.717, 1.165) is 11.8 Å². The summed E-state index contributed by atoms with van der Waals surface area (Å²) in [5.41, 5.74) is 0.935. The minimum absolute atomic E-state index is 0.115. The van der Waals surface area contributed by atoms with E-state index in [1.54, 1.807) is 13.8 Å². The smallest absolute Gasteiger partial charge is 0.308 e. The second kappa shape index (κ2) is 6.83. The van der Waals surface area contributed by atoms with Gasteiger partial charge in [0.2, 0.25) is 0 Å². The van der Waals surface area contributed by atoms with Gasteiger partial charge in [-0.05, 0) is 19.4 Å². The van der Waals surface area contributed by atoms with Crippen LogP contribution in [0.5, 0.6) is 0 Å². The molecule has 2 atom stereocenters. The molecule has 0 radical (unpaired) electrons. The average molecular weight is 292 g/mol. The van der Waals surface area contributed by atoms with Gasteiger partial charge in [0.15, 0.2) is 5.79 Å². The molecule has 0 N–H and O–H groups in total. The molecular formula is C16H20O5. The molecule has 1 heterocycles. The van der Waals surface area contributed by atoms with Crippen LogP contribution in [0.4, 0.5) is 0 Å². The third kappa shape index (κ3) is 4.95. The van der Waals surface area contributed by atoms with E-state index in [2.05, 4.69) is 0 Å². The third-order valence-corrected chi connectivity index (χ3v) is 3.17. The zero-order valence-electron chi connectivity index (χ0n) is 12.3. The standard InChI is InChI=1S/C16H20O5/c1-16(2)20-13(8-14(10-17)21-16)9-15(18)19-11-12-6-4-3-5-7-12/h3-7,10,13-14H,8-9,11H2,1-2H3. The molecule has 0 aliphatic carbocycles. The predicted molar refractivity (Wildman–Crippen MR) is 75.4 cm³/mol. The zero-order valence-corrected chi connectivity index (χ0v) is 12.3. The molecular weight excluding hydrogens is 272 g/mol. The number of ether oxygens (including phenoxy) is 3. The molecule has 5 heteroatoms. The highest BCUT2D eigenvalue weighted by Crippen LogP contribution is 2.27. The molecule has 1 fully saturated rings. The van der Waals surface area contributed by atoms with Crippen molar-refractivity contribution in [3.8, 4) is 0 Å². The molecule has 0 bridgehead atoms. The van der Waals surface area contributed by atoms with Gasteiger partial charge in [-0.3, -0.25) is 4.79 Å². The molecule has 21 heavy (non-hydrogen) atoms. The van der Waals surface area contributed by atoms with Crippen LogP contribution in [0.2, 0.25) is 0 Å². The van der Waals surface area contributed by atoms with E-state index in [9.17, 15) is 9.59 Å². The van der Waals surface area contributed by atoms with Gasteiger partial charge >= 0.3 is 5.97 Å². The minimum atomic E-state index is -0.867. The largest absolute Gasteiger partial charge is 0.461 e. The summed E-state index contributed by atoms with van der Waals surface area (Å²) >= 11 is 0. The summed E-state index contributed by atoms with van der Waals surface area (Å²) in [6, 6.07) is 9.47. The van der Waals surface area contributed by atoms with Crippen LogP contribution in [-0.4, -0.2) is 30.3 Å². The highest BCUT2D eigenvalue weighted by molar-refractivity contribution is 5.70. The molecule has 1 aromatic carbocycles. The third-order valence-electron chi connectivity index (χ3n) is 3.17. The fourth-order valence-electron chi connectivity index (χ4n) is 2.34. The fraction of sp³-hybridized carbons (Fsp3) is 0.500. The van der Waals surface area contributed by atoms with Crippen molar-refractivity contribution >= 4 is 12.3 Å². The summed E-state index contributed by atoms with van der Waals surface area (Å²) in [6.07, 6.45) is 0.317. The van der Waals surface area contributed by atoms with Gasteiger partial charge in [0.05, 0.1) is 12.5 Å². The Bertz CT molecular complexity index is 483. The first kappa shape index (κ1) is 15.7. The highest BCUT2D eigenvalue weighted by atomic mass is 16.7. The molecule has 5 nitrogen and oxygen atoms in total. The topological polar surface area (TPSA) is 61.8 Å². The number of carbonyl (C=O) groups is 2. The number of aldehydes is 1. The number of carbonyl (C=O) groups excluding carboxylic acids is 2. The van der Waals surface area contributed by atoms with Crippen molar-refractivity contribution in [2.45, 2.75) is 51.3 Å². The number of esters is 1. The maximum absolute atomic E-state index is 11.9. The van der Waals surface area contributed by atoms with Crippen molar-refractivity contribution in [2.75, 3.05) is 0 Å². The van der Waals surface area contributed by atoms with Crippen LogP contribution < -0.4 is 0 Å². The van der Waals surface area contributed by atoms with E-state index in [1.165, 1.54) is 0 Å². The lowest BCUT2D eigenvalue weighted by Gasteiger charge is -2.38. The van der Waals surface area contributed by atoms with Crippen molar-refractivity contribution in [2.24, 2.45) is 0 Å². The SMILES string of the molecule is CC1(C)OC(C=O)CC(CC(=O)OCc2ccccc2)O1. The van der Waals surface area contributed by atoms with Crippen molar-refractivity contribution in [3.05, 3.63) is 35.9 Å². The molecule has 0 aromatic heterocycles. The molecule has 1 aromatic rings. The quantitative estimate of drug-likeness (QED) is 0.615. The van der Waals surface area contributed by atoms with Crippen LogP contribution in [0.1, 0.15) is 32.3 Å². The number of hydrogen-bond acceptors (Lipinski definition) is 5. The molecule has 2 rings (SSSR count). The van der Waals surface area contributed by atoms with Crippen molar-refractivity contribution in [3.63, 3.8) is 0 Å². The molecule has 1 aliphatic rings. The Morgan fingerprint density at radius 1 is 1.33 bits per heavy atom. The lowest BCUT2D eigenvalue weighted by molar-refractivity contribution is -0.291. The minimum Gasteiger partial charge on any atom is -0.461 e. The fourth-order valence-corrected chi connectivity index (χ4v) is 2.34. The zero-order chi connectivity index (χ0) is 15.3. The van der Waals surface area contributed by atoms with Crippen LogP contribution in [0.25, 0.3) is 0 Å². The molecule has 0 amide bonds. The van der Waals surface area contributed by atoms with Gasteiger partial charge in [-0.2, -0.15) is 0 Å². The van der Waals surface area contributed by atoms with E-state index >= 15 is 0 Å². The van der Waals surface area contributed by atoms with Gasteiger partial charge in [0.25, 0.3) is 0 Å². The predicted octanol–water partition coefficient (Wildman–Crippen LogP) is 2.23. The summed E-state index contributed by atoms with van der Waals surface area (Å²) in [7, 11) is 0. The maximum Gasteiger partial charge on any atom is 0.308 e. The summed E-state index contributed by atoms with van der Waals surface area (Å²) < 4.78 is 16.3. The first-order valence-corrected chi connectivity index (χ1v) is 6.99. The molecule has 114 valence electrons. The van der Waals surface area contributed by atoms with Gasteiger partial charge in [0, 0.05) is 6.42 Å². The summed E-state index contributed by atoms with van der Waals surface area (Å²) in [4.78, 5) is 22.8. The Morgan fingerprint density at radius 2 is 2.05 bits per heavy atom. The van der Waals surface area contributed by atoms with Gasteiger partial charge in [-0.25, -0.2) is 0 Å². The normalized spacial score (nSPS) is 24.3.